The van der Waals surface area contributed by atoms with Gasteiger partial charge in [0.05, 0.1) is 53.4 Å². The van der Waals surface area contributed by atoms with Crippen molar-refractivity contribution in [3.63, 3.8) is 0 Å². The summed E-state index contributed by atoms with van der Waals surface area (Å²) in [6, 6.07) is 22.7. The third-order valence-electron chi connectivity index (χ3n) is 8.36. The van der Waals surface area contributed by atoms with Gasteiger partial charge in [-0.3, -0.25) is 14.2 Å². The van der Waals surface area contributed by atoms with Crippen LogP contribution in [0.4, 0.5) is 0 Å². The van der Waals surface area contributed by atoms with Gasteiger partial charge >= 0.3 is 17.6 Å². The topological polar surface area (TPSA) is 148 Å². The van der Waals surface area contributed by atoms with Gasteiger partial charge < -0.3 is 13.9 Å². The fourth-order valence-electron chi connectivity index (χ4n) is 6.12. The number of benzene rings is 3. The fourth-order valence-corrected chi connectivity index (χ4v) is 7.16. The average molecular weight is 702 g/mol. The molecule has 51 heavy (non-hydrogen) atoms. The first kappa shape index (κ1) is 33.3. The minimum Gasteiger partial charge on any atom is -0.466 e. The SMILES string of the molecule is CCOC(=O)Cc1cc(=O)oc2cc(-c3cn(-c4ccccc4/C=c4\sc5n(c4=O)C(c4ccccc4)C(C(=O)OCC)=C(C)N=5)nn3)ccc12. The zero-order valence-electron chi connectivity index (χ0n) is 27.9. The molecule has 1 unspecified atom stereocenters. The molecule has 4 heterocycles. The summed E-state index contributed by atoms with van der Waals surface area (Å²) in [6.45, 7) is 5.65. The van der Waals surface area contributed by atoms with E-state index in [1.165, 1.54) is 17.4 Å². The van der Waals surface area contributed by atoms with Crippen LogP contribution in [-0.4, -0.2) is 44.7 Å². The highest BCUT2D eigenvalue weighted by Gasteiger charge is 2.33. The zero-order valence-corrected chi connectivity index (χ0v) is 28.7. The van der Waals surface area contributed by atoms with Crippen LogP contribution in [0.25, 0.3) is 34.0 Å². The molecule has 1 atom stereocenters. The van der Waals surface area contributed by atoms with E-state index in [1.54, 1.807) is 54.4 Å². The van der Waals surface area contributed by atoms with Gasteiger partial charge in [0.2, 0.25) is 0 Å². The predicted octanol–water partition coefficient (Wildman–Crippen LogP) is 4.26. The number of allylic oxidation sites excluding steroid dienone is 1. The molecular weight excluding hydrogens is 671 g/mol. The molecule has 0 radical (unpaired) electrons. The fraction of sp³-hybridized carbons (Fsp3) is 0.184. The van der Waals surface area contributed by atoms with Crippen LogP contribution in [0.1, 0.15) is 43.5 Å². The van der Waals surface area contributed by atoms with E-state index in [9.17, 15) is 19.2 Å². The third kappa shape index (κ3) is 6.46. The largest absolute Gasteiger partial charge is 0.466 e. The van der Waals surface area contributed by atoms with Gasteiger partial charge in [-0.15, -0.1) is 5.10 Å². The van der Waals surface area contributed by atoms with Crippen LogP contribution in [0.5, 0.6) is 0 Å². The number of thiazole rings is 1. The molecule has 6 aromatic rings. The Balaban J connectivity index is 1.27. The number of ether oxygens (including phenoxy) is 2. The van der Waals surface area contributed by atoms with Crippen molar-refractivity contribution in [3.8, 4) is 16.9 Å². The molecule has 0 N–H and O–H groups in total. The summed E-state index contributed by atoms with van der Waals surface area (Å²) in [5, 5.41) is 9.36. The van der Waals surface area contributed by atoms with Crippen LogP contribution in [0.3, 0.4) is 0 Å². The number of hydrogen-bond donors (Lipinski definition) is 0. The number of rotatable bonds is 9. The van der Waals surface area contributed by atoms with Crippen molar-refractivity contribution in [1.29, 1.82) is 0 Å². The van der Waals surface area contributed by atoms with Gasteiger partial charge in [0, 0.05) is 22.6 Å². The van der Waals surface area contributed by atoms with Crippen LogP contribution in [-0.2, 0) is 25.5 Å². The molecule has 256 valence electrons. The smallest absolute Gasteiger partial charge is 0.338 e. The minimum absolute atomic E-state index is 0.0563. The molecule has 0 aliphatic carbocycles. The molecule has 0 amide bonds. The second-order valence-corrected chi connectivity index (χ2v) is 12.6. The first-order valence-corrected chi connectivity index (χ1v) is 17.1. The van der Waals surface area contributed by atoms with Crippen LogP contribution < -0.4 is 20.5 Å². The van der Waals surface area contributed by atoms with Crippen molar-refractivity contribution in [2.24, 2.45) is 4.99 Å². The van der Waals surface area contributed by atoms with Crippen LogP contribution in [0.15, 0.2) is 115 Å². The Morgan fingerprint density at radius 3 is 2.51 bits per heavy atom. The molecule has 0 bridgehead atoms. The number of carbonyl (C=O) groups excluding carboxylic acids is 2. The first-order chi connectivity index (χ1) is 24.7. The van der Waals surface area contributed by atoms with Crippen molar-refractivity contribution in [1.82, 2.24) is 19.6 Å². The molecule has 1 aliphatic rings. The van der Waals surface area contributed by atoms with E-state index >= 15 is 0 Å². The summed E-state index contributed by atoms with van der Waals surface area (Å²) in [6.07, 6.45) is 3.46. The van der Waals surface area contributed by atoms with Gasteiger partial charge in [-0.2, -0.15) is 0 Å². The van der Waals surface area contributed by atoms with Gasteiger partial charge in [-0.05, 0) is 50.1 Å². The minimum atomic E-state index is -0.704. The molecular formula is C38H31N5O7S. The quantitative estimate of drug-likeness (QED) is 0.159. The number of nitrogens with zero attached hydrogens (tertiary/aromatic N) is 5. The molecule has 0 saturated heterocycles. The van der Waals surface area contributed by atoms with Gasteiger partial charge in [0.1, 0.15) is 11.3 Å². The second kappa shape index (κ2) is 14.0. The van der Waals surface area contributed by atoms with Crippen molar-refractivity contribution in [2.75, 3.05) is 13.2 Å². The summed E-state index contributed by atoms with van der Waals surface area (Å²) in [7, 11) is 0. The average Bonchev–Trinajstić information content (AvgIpc) is 3.73. The van der Waals surface area contributed by atoms with E-state index in [2.05, 4.69) is 15.3 Å². The summed E-state index contributed by atoms with van der Waals surface area (Å²) < 4.78 is 19.5. The van der Waals surface area contributed by atoms with Crippen LogP contribution >= 0.6 is 11.3 Å². The Labute approximate surface area is 294 Å². The maximum atomic E-state index is 14.1. The third-order valence-corrected chi connectivity index (χ3v) is 9.34. The standard InChI is InChI=1S/C38H31N5O7S/c1-4-48-32(44)19-26-20-33(45)50-30-17-24(15-16-27(26)30)28-21-42(41-40-28)29-14-10-9-13-25(29)18-31-36(46)43-35(23-11-7-6-8-12-23)34(37(47)49-5-2)22(3)39-38(43)51-31/h6-18,20-21,35H,4-5,19H2,1-3H3/b31-18-. The summed E-state index contributed by atoms with van der Waals surface area (Å²) in [5.74, 6) is -0.948. The van der Waals surface area contributed by atoms with E-state index in [0.29, 0.717) is 59.6 Å². The van der Waals surface area contributed by atoms with Gasteiger partial charge in [0.25, 0.3) is 5.56 Å². The molecule has 0 spiro atoms. The van der Waals surface area contributed by atoms with E-state index < -0.39 is 23.6 Å². The number of hydrogen-bond acceptors (Lipinski definition) is 11. The normalized spacial score (nSPS) is 14.3. The Kier molecular flexibility index (Phi) is 9.11. The highest BCUT2D eigenvalue weighted by Crippen LogP contribution is 2.31. The Morgan fingerprint density at radius 2 is 1.73 bits per heavy atom. The number of para-hydroxylation sites is 1. The summed E-state index contributed by atoms with van der Waals surface area (Å²) >= 11 is 1.23. The number of esters is 2. The van der Waals surface area contributed by atoms with Gasteiger partial charge in [-0.25, -0.2) is 19.3 Å². The zero-order chi connectivity index (χ0) is 35.6. The first-order valence-electron chi connectivity index (χ1n) is 16.2. The Bertz CT molecular complexity index is 2600. The molecule has 0 saturated carbocycles. The molecule has 3 aromatic carbocycles. The molecule has 0 fully saturated rings. The summed E-state index contributed by atoms with van der Waals surface area (Å²) in [4.78, 5) is 56.9. The lowest BCUT2D eigenvalue weighted by molar-refractivity contribution is -0.142. The van der Waals surface area contributed by atoms with E-state index in [0.717, 1.165) is 5.56 Å². The van der Waals surface area contributed by atoms with Crippen molar-refractivity contribution >= 4 is 40.3 Å². The lowest BCUT2D eigenvalue weighted by atomic mass is 9.96. The van der Waals surface area contributed by atoms with Crippen molar-refractivity contribution in [2.45, 2.75) is 33.2 Å². The molecule has 12 nitrogen and oxygen atoms in total. The lowest BCUT2D eigenvalue weighted by Crippen LogP contribution is -2.39. The maximum absolute atomic E-state index is 14.1. The highest BCUT2D eigenvalue weighted by atomic mass is 32.1. The monoisotopic (exact) mass is 701 g/mol. The number of fused-ring (bicyclic) bond motifs is 2. The van der Waals surface area contributed by atoms with Crippen molar-refractivity contribution in [3.05, 3.63) is 143 Å². The van der Waals surface area contributed by atoms with Crippen LogP contribution in [0, 0.1) is 0 Å². The number of aromatic nitrogens is 4. The van der Waals surface area contributed by atoms with Gasteiger partial charge in [-0.1, -0.05) is 77.2 Å². The second-order valence-electron chi connectivity index (χ2n) is 11.6. The Morgan fingerprint density at radius 1 is 0.961 bits per heavy atom. The molecule has 1 aliphatic heterocycles. The van der Waals surface area contributed by atoms with Crippen LogP contribution in [0.2, 0.25) is 0 Å². The number of carbonyl (C=O) groups is 2. The maximum Gasteiger partial charge on any atom is 0.338 e. The van der Waals surface area contributed by atoms with Crippen molar-refractivity contribution < 1.29 is 23.5 Å². The lowest BCUT2D eigenvalue weighted by Gasteiger charge is -2.24. The molecule has 3 aromatic heterocycles. The van der Waals surface area contributed by atoms with E-state index in [4.69, 9.17) is 13.9 Å². The predicted molar refractivity (Wildman–Crippen MR) is 190 cm³/mol. The highest BCUT2D eigenvalue weighted by molar-refractivity contribution is 7.07. The molecule has 13 heteroatoms. The Hall–Kier alpha value is -6.21. The molecule has 7 rings (SSSR count). The van der Waals surface area contributed by atoms with E-state index in [1.807, 2.05) is 60.7 Å². The summed E-state index contributed by atoms with van der Waals surface area (Å²) in [5.41, 5.74) is 4.03. The van der Waals surface area contributed by atoms with Gasteiger partial charge in [0.15, 0.2) is 4.80 Å². The van der Waals surface area contributed by atoms with E-state index in [-0.39, 0.29) is 25.2 Å².